The lowest BCUT2D eigenvalue weighted by molar-refractivity contribution is 0.462. The molecule has 1 saturated heterocycles. The second-order valence-electron chi connectivity index (χ2n) is 4.37. The first-order valence-corrected chi connectivity index (χ1v) is 5.71. The van der Waals surface area contributed by atoms with Gasteiger partial charge in [0, 0.05) is 18.3 Å². The molecule has 0 saturated carbocycles. The molecule has 2 N–H and O–H groups in total. The number of fused-ring (bicyclic) bond motifs is 1. The Morgan fingerprint density at radius 2 is 2.12 bits per heavy atom. The fourth-order valence-corrected chi connectivity index (χ4v) is 2.46. The monoisotopic (exact) mass is 236 g/mol. The number of piperidine rings is 1. The van der Waals surface area contributed by atoms with Gasteiger partial charge < -0.3 is 10.3 Å². The van der Waals surface area contributed by atoms with Gasteiger partial charge in [0.2, 0.25) is 0 Å². The molecule has 1 aromatic carbocycles. The molecule has 0 radical (unpaired) electrons. The van der Waals surface area contributed by atoms with Crippen LogP contribution in [-0.4, -0.2) is 18.1 Å². The van der Waals surface area contributed by atoms with E-state index < -0.39 is 0 Å². The molecule has 0 aliphatic carbocycles. The van der Waals surface area contributed by atoms with Gasteiger partial charge >= 0.3 is 0 Å². The molecule has 16 heavy (non-hydrogen) atoms. The number of nitrogens with one attached hydrogen (secondary N) is 2. The highest BCUT2D eigenvalue weighted by Gasteiger charge is 2.14. The van der Waals surface area contributed by atoms with E-state index in [0.717, 1.165) is 6.54 Å². The van der Waals surface area contributed by atoms with Crippen molar-refractivity contribution in [3.8, 4) is 0 Å². The summed E-state index contributed by atoms with van der Waals surface area (Å²) in [7, 11) is 0. The molecule has 2 aromatic rings. The van der Waals surface area contributed by atoms with Crippen LogP contribution in [0.5, 0.6) is 0 Å². The Morgan fingerprint density at radius 3 is 2.94 bits per heavy atom. The first-order valence-electron chi connectivity index (χ1n) is 5.71. The van der Waals surface area contributed by atoms with Crippen LogP contribution in [0.3, 0.4) is 0 Å². The molecule has 1 aliphatic rings. The van der Waals surface area contributed by atoms with Gasteiger partial charge in [-0.25, -0.2) is 0 Å². The van der Waals surface area contributed by atoms with Crippen LogP contribution in [0.25, 0.3) is 10.9 Å². The van der Waals surface area contributed by atoms with Crippen molar-refractivity contribution in [1.82, 2.24) is 10.3 Å². The van der Waals surface area contributed by atoms with Gasteiger partial charge in [0.05, 0.1) is 0 Å². The number of hydrogen-bond donors (Lipinski definition) is 2. The lowest BCUT2D eigenvalue weighted by Gasteiger charge is -2.23. The molecule has 2 heterocycles. The SMILES string of the molecule is Cl.c1cc2cc(C3CCCNC3)ccc2[nH]1. The van der Waals surface area contributed by atoms with Gasteiger partial charge in [0.15, 0.2) is 0 Å². The maximum Gasteiger partial charge on any atom is 0.0454 e. The molecule has 0 spiro atoms. The molecular weight excluding hydrogens is 220 g/mol. The Labute approximate surface area is 102 Å². The third-order valence-corrected chi connectivity index (χ3v) is 3.35. The summed E-state index contributed by atoms with van der Waals surface area (Å²) in [5.41, 5.74) is 2.72. The summed E-state index contributed by atoms with van der Waals surface area (Å²) in [4.78, 5) is 3.23. The van der Waals surface area contributed by atoms with Crippen LogP contribution in [0, 0.1) is 0 Å². The van der Waals surface area contributed by atoms with Gasteiger partial charge in [0.25, 0.3) is 0 Å². The normalized spacial score (nSPS) is 20.6. The zero-order chi connectivity index (χ0) is 10.1. The van der Waals surface area contributed by atoms with Gasteiger partial charge in [0.1, 0.15) is 0 Å². The lowest BCUT2D eigenvalue weighted by Crippen LogP contribution is -2.28. The van der Waals surface area contributed by atoms with Crippen LogP contribution >= 0.6 is 12.4 Å². The van der Waals surface area contributed by atoms with E-state index in [0.29, 0.717) is 5.92 Å². The zero-order valence-electron chi connectivity index (χ0n) is 9.20. The first kappa shape index (κ1) is 11.5. The quantitative estimate of drug-likeness (QED) is 0.783. The predicted molar refractivity (Wildman–Crippen MR) is 70.4 cm³/mol. The number of aromatic nitrogens is 1. The van der Waals surface area contributed by atoms with Crippen LogP contribution < -0.4 is 5.32 Å². The highest BCUT2D eigenvalue weighted by atomic mass is 35.5. The number of aromatic amines is 1. The third kappa shape index (κ3) is 2.08. The van der Waals surface area contributed by atoms with E-state index in [1.54, 1.807) is 0 Å². The highest BCUT2D eigenvalue weighted by molar-refractivity contribution is 5.85. The zero-order valence-corrected chi connectivity index (χ0v) is 10.0. The molecule has 0 bridgehead atoms. The summed E-state index contributed by atoms with van der Waals surface area (Å²) in [5, 5.41) is 4.80. The molecule has 1 aromatic heterocycles. The largest absolute Gasteiger partial charge is 0.361 e. The number of benzene rings is 1. The third-order valence-electron chi connectivity index (χ3n) is 3.35. The fraction of sp³-hybridized carbons (Fsp3) is 0.385. The maximum atomic E-state index is 3.47. The summed E-state index contributed by atoms with van der Waals surface area (Å²) >= 11 is 0. The van der Waals surface area contributed by atoms with Crippen LogP contribution in [0.1, 0.15) is 24.3 Å². The van der Waals surface area contributed by atoms with Crippen molar-refractivity contribution >= 4 is 23.3 Å². The summed E-state index contributed by atoms with van der Waals surface area (Å²) < 4.78 is 0. The minimum atomic E-state index is 0. The van der Waals surface area contributed by atoms with Crippen molar-refractivity contribution < 1.29 is 0 Å². The van der Waals surface area contributed by atoms with E-state index in [4.69, 9.17) is 0 Å². The van der Waals surface area contributed by atoms with Crippen LogP contribution in [0.4, 0.5) is 0 Å². The van der Waals surface area contributed by atoms with Crippen molar-refractivity contribution in [2.24, 2.45) is 0 Å². The predicted octanol–water partition coefficient (Wildman–Crippen LogP) is 3.06. The molecule has 1 aliphatic heterocycles. The molecule has 86 valence electrons. The summed E-state index contributed by atoms with van der Waals surface area (Å²) in [6, 6.07) is 8.92. The number of H-pyrrole nitrogens is 1. The van der Waals surface area contributed by atoms with Gasteiger partial charge in [-0.05, 0) is 54.5 Å². The highest BCUT2D eigenvalue weighted by Crippen LogP contribution is 2.25. The van der Waals surface area contributed by atoms with Gasteiger partial charge in [-0.2, -0.15) is 0 Å². The Hall–Kier alpha value is -0.990. The smallest absolute Gasteiger partial charge is 0.0454 e. The molecule has 1 unspecified atom stereocenters. The van der Waals surface area contributed by atoms with Crippen LogP contribution in [0.15, 0.2) is 30.5 Å². The first-order chi connectivity index (χ1) is 7.43. The molecule has 1 atom stereocenters. The Bertz CT molecular complexity index is 458. The number of halogens is 1. The van der Waals surface area contributed by atoms with Crippen molar-refractivity contribution in [2.45, 2.75) is 18.8 Å². The van der Waals surface area contributed by atoms with E-state index >= 15 is 0 Å². The second kappa shape index (κ2) is 4.89. The summed E-state index contributed by atoms with van der Waals surface area (Å²) in [6.07, 6.45) is 4.63. The van der Waals surface area contributed by atoms with Crippen molar-refractivity contribution in [3.63, 3.8) is 0 Å². The van der Waals surface area contributed by atoms with Gasteiger partial charge in [-0.3, -0.25) is 0 Å². The number of hydrogen-bond acceptors (Lipinski definition) is 1. The van der Waals surface area contributed by atoms with E-state index in [1.165, 1.54) is 35.9 Å². The van der Waals surface area contributed by atoms with Crippen molar-refractivity contribution in [2.75, 3.05) is 13.1 Å². The second-order valence-corrected chi connectivity index (χ2v) is 4.37. The van der Waals surface area contributed by atoms with E-state index in [9.17, 15) is 0 Å². The Morgan fingerprint density at radius 1 is 1.19 bits per heavy atom. The van der Waals surface area contributed by atoms with E-state index in [1.807, 2.05) is 6.20 Å². The van der Waals surface area contributed by atoms with Gasteiger partial charge in [-0.1, -0.05) is 6.07 Å². The molecule has 0 amide bonds. The summed E-state index contributed by atoms with van der Waals surface area (Å²) in [5.74, 6) is 0.707. The maximum absolute atomic E-state index is 3.47. The van der Waals surface area contributed by atoms with E-state index in [-0.39, 0.29) is 12.4 Å². The summed E-state index contributed by atoms with van der Waals surface area (Å²) in [6.45, 7) is 2.32. The Balaban J connectivity index is 0.000000963. The molecule has 1 fully saturated rings. The Kier molecular flexibility index (Phi) is 3.52. The van der Waals surface area contributed by atoms with Crippen LogP contribution in [-0.2, 0) is 0 Å². The molecule has 3 rings (SSSR count). The van der Waals surface area contributed by atoms with Crippen molar-refractivity contribution in [1.29, 1.82) is 0 Å². The fourth-order valence-electron chi connectivity index (χ4n) is 2.46. The average Bonchev–Trinajstić information content (AvgIpc) is 2.77. The number of rotatable bonds is 1. The average molecular weight is 237 g/mol. The molecule has 3 heteroatoms. The van der Waals surface area contributed by atoms with Crippen LogP contribution in [0.2, 0.25) is 0 Å². The van der Waals surface area contributed by atoms with E-state index in [2.05, 4.69) is 34.6 Å². The minimum absolute atomic E-state index is 0. The lowest BCUT2D eigenvalue weighted by atomic mass is 9.91. The van der Waals surface area contributed by atoms with Gasteiger partial charge in [-0.15, -0.1) is 12.4 Å². The van der Waals surface area contributed by atoms with Crippen molar-refractivity contribution in [3.05, 3.63) is 36.0 Å². The molecular formula is C13H17ClN2. The standard InChI is InChI=1S/C13H16N2.ClH/c1-2-12(9-14-6-1)10-3-4-13-11(8-10)5-7-15-13;/h3-5,7-8,12,14-15H,1-2,6,9H2;1H. The molecule has 2 nitrogen and oxygen atoms in total. The topological polar surface area (TPSA) is 27.8 Å². The minimum Gasteiger partial charge on any atom is -0.361 e.